The molecule has 3 aromatic rings. The van der Waals surface area contributed by atoms with E-state index < -0.39 is 0 Å². The smallest absolute Gasteiger partial charge is 0.178 e. The number of aromatic nitrogens is 5. The van der Waals surface area contributed by atoms with Crippen LogP contribution in [0.3, 0.4) is 0 Å². The molecule has 2 aromatic heterocycles. The van der Waals surface area contributed by atoms with Crippen LogP contribution in [0.15, 0.2) is 30.7 Å². The molecule has 5 rings (SSSR count). The third kappa shape index (κ3) is 3.77. The molecule has 1 aromatic carbocycles. The van der Waals surface area contributed by atoms with Gasteiger partial charge in [0.2, 0.25) is 0 Å². The van der Waals surface area contributed by atoms with Crippen LogP contribution < -0.4 is 9.47 Å². The van der Waals surface area contributed by atoms with Crippen LogP contribution in [0.1, 0.15) is 40.7 Å². The first-order valence-electron chi connectivity index (χ1n) is 11.6. The molecule has 0 radical (unpaired) electrons. The first-order valence-corrected chi connectivity index (χ1v) is 11.6. The summed E-state index contributed by atoms with van der Waals surface area (Å²) in [5, 5.41) is 4.35. The lowest BCUT2D eigenvalue weighted by Crippen LogP contribution is -2.54. The molecule has 170 valence electrons. The second-order valence-corrected chi connectivity index (χ2v) is 9.40. The van der Waals surface area contributed by atoms with Gasteiger partial charge in [-0.15, -0.1) is 0 Å². The van der Waals surface area contributed by atoms with Crippen molar-refractivity contribution >= 4 is 0 Å². The van der Waals surface area contributed by atoms with Crippen LogP contribution in [-0.4, -0.2) is 61.1 Å². The summed E-state index contributed by atoms with van der Waals surface area (Å²) in [7, 11) is 0. The molecule has 0 amide bonds. The monoisotopic (exact) mass is 436 g/mol. The van der Waals surface area contributed by atoms with E-state index in [-0.39, 0.29) is 12.1 Å². The number of benzene rings is 1. The minimum absolute atomic E-state index is 0.171. The van der Waals surface area contributed by atoms with Gasteiger partial charge in [-0.05, 0) is 46.8 Å². The van der Waals surface area contributed by atoms with Gasteiger partial charge in [-0.25, -0.2) is 14.6 Å². The van der Waals surface area contributed by atoms with Crippen molar-refractivity contribution in [1.29, 1.82) is 0 Å². The number of imidazole rings is 1. The van der Waals surface area contributed by atoms with Gasteiger partial charge in [-0.1, -0.05) is 0 Å². The fourth-order valence-corrected chi connectivity index (χ4v) is 4.43. The maximum Gasteiger partial charge on any atom is 0.178 e. The van der Waals surface area contributed by atoms with Gasteiger partial charge in [-0.2, -0.15) is 5.10 Å². The molecule has 1 atom stereocenters. The summed E-state index contributed by atoms with van der Waals surface area (Å²) in [6, 6.07) is 6.90. The predicted molar refractivity (Wildman–Crippen MR) is 123 cm³/mol. The summed E-state index contributed by atoms with van der Waals surface area (Å²) in [5.74, 6) is 3.90. The van der Waals surface area contributed by atoms with Crippen LogP contribution in [0, 0.1) is 5.92 Å². The van der Waals surface area contributed by atoms with E-state index in [0.29, 0.717) is 18.6 Å². The van der Waals surface area contributed by atoms with E-state index in [0.717, 1.165) is 54.0 Å². The predicted octanol–water partition coefficient (Wildman–Crippen LogP) is 3.89. The van der Waals surface area contributed by atoms with Gasteiger partial charge in [0.25, 0.3) is 0 Å². The molecular weight excluding hydrogens is 404 g/mol. The Morgan fingerprint density at radius 2 is 1.88 bits per heavy atom. The van der Waals surface area contributed by atoms with Crippen LogP contribution in [-0.2, 0) is 6.54 Å². The zero-order valence-electron chi connectivity index (χ0n) is 19.5. The Morgan fingerprint density at radius 3 is 2.62 bits per heavy atom. The third-order valence-corrected chi connectivity index (χ3v) is 6.51. The van der Waals surface area contributed by atoms with E-state index in [1.807, 2.05) is 23.0 Å². The molecule has 2 aliphatic heterocycles. The molecule has 0 spiro atoms. The molecule has 8 heteroatoms. The first kappa shape index (κ1) is 21.0. The first-order chi connectivity index (χ1) is 15.4. The van der Waals surface area contributed by atoms with Crippen LogP contribution in [0.25, 0.3) is 22.9 Å². The fraction of sp³-hybridized carbons (Fsp3) is 0.542. The van der Waals surface area contributed by atoms with Crippen molar-refractivity contribution in [3.63, 3.8) is 0 Å². The molecule has 0 aliphatic carbocycles. The summed E-state index contributed by atoms with van der Waals surface area (Å²) in [4.78, 5) is 11.8. The van der Waals surface area contributed by atoms with Crippen LogP contribution in [0.5, 0.6) is 11.5 Å². The molecule has 1 saturated heterocycles. The Balaban J connectivity index is 1.38. The Hall–Kier alpha value is -2.87. The summed E-state index contributed by atoms with van der Waals surface area (Å²) < 4.78 is 16.4. The van der Waals surface area contributed by atoms with Crippen molar-refractivity contribution in [2.75, 3.05) is 19.7 Å². The van der Waals surface area contributed by atoms with E-state index in [2.05, 4.69) is 60.2 Å². The molecular formula is C24H32N6O2. The maximum absolute atomic E-state index is 6.29. The highest BCUT2D eigenvalue weighted by atomic mass is 16.5. The minimum atomic E-state index is 0.171. The molecule has 4 heterocycles. The van der Waals surface area contributed by atoms with E-state index in [9.17, 15) is 0 Å². The standard InChI is InChI=1S/C24H32N6O2/c1-15(2)29-11-18(12-29)17(5)32-19-6-7-20-22(10-19)31-9-8-28-13-21(27-23(20)28)24-25-14-26-30(24)16(3)4/h6-7,10,13-18H,8-9,11-12H2,1-5H3. The molecule has 2 aliphatic rings. The minimum Gasteiger partial charge on any atom is -0.491 e. The lowest BCUT2D eigenvalue weighted by atomic mass is 9.93. The zero-order valence-corrected chi connectivity index (χ0v) is 19.5. The van der Waals surface area contributed by atoms with Gasteiger partial charge in [0.05, 0.1) is 12.1 Å². The van der Waals surface area contributed by atoms with Gasteiger partial charge in [0, 0.05) is 43.4 Å². The SMILES string of the molecule is CC(Oc1ccc2c(c1)OCCn1cc(-c3ncnn3C(C)C)nc1-2)C1CN(C(C)C)C1. The molecule has 0 bridgehead atoms. The molecule has 8 nitrogen and oxygen atoms in total. The van der Waals surface area contributed by atoms with Crippen molar-refractivity contribution in [2.24, 2.45) is 5.92 Å². The van der Waals surface area contributed by atoms with Crippen molar-refractivity contribution < 1.29 is 9.47 Å². The molecule has 32 heavy (non-hydrogen) atoms. The lowest BCUT2D eigenvalue weighted by molar-refractivity contribution is -0.000104. The largest absolute Gasteiger partial charge is 0.491 e. The number of hydrogen-bond acceptors (Lipinski definition) is 6. The Bertz CT molecular complexity index is 1100. The van der Waals surface area contributed by atoms with Gasteiger partial charge >= 0.3 is 0 Å². The van der Waals surface area contributed by atoms with E-state index in [4.69, 9.17) is 14.5 Å². The average Bonchev–Trinajstić information content (AvgIpc) is 3.31. The summed E-state index contributed by atoms with van der Waals surface area (Å²) in [5.41, 5.74) is 1.80. The van der Waals surface area contributed by atoms with Gasteiger partial charge in [0.15, 0.2) is 5.82 Å². The van der Waals surface area contributed by atoms with Crippen LogP contribution in [0.2, 0.25) is 0 Å². The van der Waals surface area contributed by atoms with E-state index in [1.54, 1.807) is 6.33 Å². The zero-order chi connectivity index (χ0) is 22.4. The maximum atomic E-state index is 6.29. The second kappa shape index (κ2) is 8.24. The highest BCUT2D eigenvalue weighted by Gasteiger charge is 2.33. The molecule has 1 fully saturated rings. The number of hydrogen-bond donors (Lipinski definition) is 0. The summed E-state index contributed by atoms with van der Waals surface area (Å²) in [6.07, 6.45) is 3.80. The number of ether oxygens (including phenoxy) is 2. The highest BCUT2D eigenvalue weighted by molar-refractivity contribution is 5.69. The number of nitrogens with zero attached hydrogens (tertiary/aromatic N) is 6. The Morgan fingerprint density at radius 1 is 1.06 bits per heavy atom. The van der Waals surface area contributed by atoms with Crippen molar-refractivity contribution in [2.45, 2.75) is 59.4 Å². The van der Waals surface area contributed by atoms with Crippen molar-refractivity contribution in [3.8, 4) is 34.4 Å². The number of likely N-dealkylation sites (tertiary alicyclic amines) is 1. The second-order valence-electron chi connectivity index (χ2n) is 9.40. The Kier molecular flexibility index (Phi) is 5.41. The van der Waals surface area contributed by atoms with Gasteiger partial charge in [-0.3, -0.25) is 0 Å². The summed E-state index contributed by atoms with van der Waals surface area (Å²) >= 11 is 0. The van der Waals surface area contributed by atoms with E-state index >= 15 is 0 Å². The fourth-order valence-electron chi connectivity index (χ4n) is 4.43. The quantitative estimate of drug-likeness (QED) is 0.584. The molecule has 1 unspecified atom stereocenters. The number of fused-ring (bicyclic) bond motifs is 3. The van der Waals surface area contributed by atoms with E-state index in [1.165, 1.54) is 0 Å². The number of rotatable bonds is 6. The molecule has 0 N–H and O–H groups in total. The van der Waals surface area contributed by atoms with Crippen LogP contribution in [0.4, 0.5) is 0 Å². The van der Waals surface area contributed by atoms with Gasteiger partial charge < -0.3 is 18.9 Å². The topological polar surface area (TPSA) is 70.2 Å². The lowest BCUT2D eigenvalue weighted by Gasteiger charge is -2.44. The highest BCUT2D eigenvalue weighted by Crippen LogP contribution is 2.37. The Labute approximate surface area is 189 Å². The van der Waals surface area contributed by atoms with Crippen molar-refractivity contribution in [1.82, 2.24) is 29.2 Å². The van der Waals surface area contributed by atoms with Gasteiger partial charge in [0.1, 0.15) is 42.1 Å². The molecule has 0 saturated carbocycles. The summed E-state index contributed by atoms with van der Waals surface area (Å²) in [6.45, 7) is 14.3. The normalized spacial score (nSPS) is 17.5. The average molecular weight is 437 g/mol. The van der Waals surface area contributed by atoms with Crippen molar-refractivity contribution in [3.05, 3.63) is 30.7 Å². The third-order valence-electron chi connectivity index (χ3n) is 6.51. The van der Waals surface area contributed by atoms with Crippen LogP contribution >= 0.6 is 0 Å².